The van der Waals surface area contributed by atoms with Crippen LogP contribution in [-0.2, 0) is 6.42 Å². The summed E-state index contributed by atoms with van der Waals surface area (Å²) in [4.78, 5) is 0. The van der Waals surface area contributed by atoms with Crippen LogP contribution in [0.3, 0.4) is 0 Å². The highest BCUT2D eigenvalue weighted by molar-refractivity contribution is 6.31. The Labute approximate surface area is 132 Å². The van der Waals surface area contributed by atoms with Crippen LogP contribution in [0.4, 0.5) is 0 Å². The molecule has 2 unspecified atom stereocenters. The zero-order valence-corrected chi connectivity index (χ0v) is 13.5. The van der Waals surface area contributed by atoms with Gasteiger partial charge in [-0.1, -0.05) is 48.0 Å². The number of nitrogens with one attached hydrogen (secondary N) is 1. The second kappa shape index (κ2) is 7.48. The third-order valence-corrected chi connectivity index (χ3v) is 3.97. The smallest absolute Gasteiger partial charge is 0.122 e. The lowest BCUT2D eigenvalue weighted by molar-refractivity contribution is 0.403. The van der Waals surface area contributed by atoms with Gasteiger partial charge >= 0.3 is 0 Å². The number of hydrogen-bond acceptors (Lipinski definition) is 2. The molecule has 3 heteroatoms. The molecule has 0 fully saturated rings. The molecule has 0 aliphatic carbocycles. The summed E-state index contributed by atoms with van der Waals surface area (Å²) in [6.07, 6.45) is 0.915. The molecule has 21 heavy (non-hydrogen) atoms. The predicted octanol–water partition coefficient (Wildman–Crippen LogP) is 4.63. The average molecular weight is 304 g/mol. The van der Waals surface area contributed by atoms with E-state index in [2.05, 4.69) is 31.3 Å². The molecule has 0 amide bonds. The Kier molecular flexibility index (Phi) is 5.66. The van der Waals surface area contributed by atoms with Gasteiger partial charge in [-0.3, -0.25) is 0 Å². The van der Waals surface area contributed by atoms with Crippen molar-refractivity contribution in [1.29, 1.82) is 0 Å². The average Bonchev–Trinajstić information content (AvgIpc) is 2.48. The van der Waals surface area contributed by atoms with Gasteiger partial charge in [0.25, 0.3) is 0 Å². The molecule has 2 nitrogen and oxygen atoms in total. The lowest BCUT2D eigenvalue weighted by Gasteiger charge is -2.22. The molecule has 2 aromatic rings. The Balaban J connectivity index is 2.01. The van der Waals surface area contributed by atoms with E-state index in [1.54, 1.807) is 7.11 Å². The van der Waals surface area contributed by atoms with Crippen LogP contribution in [-0.4, -0.2) is 13.2 Å². The van der Waals surface area contributed by atoms with Crippen molar-refractivity contribution in [2.24, 2.45) is 0 Å². The molecule has 0 saturated carbocycles. The van der Waals surface area contributed by atoms with Crippen LogP contribution in [0.15, 0.2) is 48.5 Å². The van der Waals surface area contributed by atoms with Crippen LogP contribution >= 0.6 is 11.6 Å². The van der Waals surface area contributed by atoms with E-state index in [-0.39, 0.29) is 6.04 Å². The first kappa shape index (κ1) is 15.9. The van der Waals surface area contributed by atoms with E-state index in [0.29, 0.717) is 6.04 Å². The van der Waals surface area contributed by atoms with Crippen molar-refractivity contribution < 1.29 is 4.74 Å². The summed E-state index contributed by atoms with van der Waals surface area (Å²) < 4.78 is 5.41. The number of para-hydroxylation sites is 1. The standard InChI is InChI=1S/C18H22ClNO/c1-13(12-15-8-4-7-11-18(15)21-3)20-14(2)16-9-5-6-10-17(16)19/h4-11,13-14,20H,12H2,1-3H3. The highest BCUT2D eigenvalue weighted by Gasteiger charge is 2.13. The van der Waals surface area contributed by atoms with Crippen LogP contribution in [0.25, 0.3) is 0 Å². The molecule has 2 aromatic carbocycles. The van der Waals surface area contributed by atoms with Gasteiger partial charge < -0.3 is 10.1 Å². The minimum Gasteiger partial charge on any atom is -0.496 e. The summed E-state index contributed by atoms with van der Waals surface area (Å²) in [5.74, 6) is 0.941. The van der Waals surface area contributed by atoms with Crippen molar-refractivity contribution in [3.8, 4) is 5.75 Å². The molecular formula is C18H22ClNO. The molecule has 0 radical (unpaired) electrons. The zero-order chi connectivity index (χ0) is 15.2. The fourth-order valence-electron chi connectivity index (χ4n) is 2.60. The SMILES string of the molecule is COc1ccccc1CC(C)NC(C)c1ccccc1Cl. The molecule has 0 bridgehead atoms. The molecule has 1 N–H and O–H groups in total. The Morgan fingerprint density at radius 1 is 1.05 bits per heavy atom. The van der Waals surface area contributed by atoms with Gasteiger partial charge in [0.15, 0.2) is 0 Å². The Morgan fingerprint density at radius 2 is 1.71 bits per heavy atom. The van der Waals surface area contributed by atoms with Gasteiger partial charge in [0, 0.05) is 17.1 Å². The van der Waals surface area contributed by atoms with Crippen molar-refractivity contribution >= 4 is 11.6 Å². The van der Waals surface area contributed by atoms with Gasteiger partial charge in [-0.25, -0.2) is 0 Å². The molecule has 112 valence electrons. The van der Waals surface area contributed by atoms with E-state index < -0.39 is 0 Å². The van der Waals surface area contributed by atoms with E-state index in [1.807, 2.05) is 36.4 Å². The van der Waals surface area contributed by atoms with Gasteiger partial charge in [-0.2, -0.15) is 0 Å². The summed E-state index contributed by atoms with van der Waals surface area (Å²) in [5, 5.41) is 4.40. The van der Waals surface area contributed by atoms with Crippen molar-refractivity contribution in [1.82, 2.24) is 5.32 Å². The second-order valence-electron chi connectivity index (χ2n) is 5.33. The number of benzene rings is 2. The van der Waals surface area contributed by atoms with E-state index in [1.165, 1.54) is 5.56 Å². The Bertz CT molecular complexity index is 585. The van der Waals surface area contributed by atoms with E-state index >= 15 is 0 Å². The third-order valence-electron chi connectivity index (χ3n) is 3.62. The minimum absolute atomic E-state index is 0.211. The first-order chi connectivity index (χ1) is 10.1. The van der Waals surface area contributed by atoms with E-state index in [4.69, 9.17) is 16.3 Å². The van der Waals surface area contributed by atoms with Gasteiger partial charge in [0.2, 0.25) is 0 Å². The van der Waals surface area contributed by atoms with Gasteiger partial charge in [-0.15, -0.1) is 0 Å². The number of halogens is 1. The summed E-state index contributed by atoms with van der Waals surface area (Å²) in [6, 6.07) is 16.7. The van der Waals surface area contributed by atoms with Gasteiger partial charge in [0.05, 0.1) is 7.11 Å². The monoisotopic (exact) mass is 303 g/mol. The van der Waals surface area contributed by atoms with Crippen LogP contribution in [0.5, 0.6) is 5.75 Å². The number of rotatable bonds is 6. The summed E-state index contributed by atoms with van der Waals surface area (Å²) in [5.41, 5.74) is 2.34. The van der Waals surface area contributed by atoms with Crippen molar-refractivity contribution in [3.05, 3.63) is 64.7 Å². The molecule has 0 aromatic heterocycles. The largest absolute Gasteiger partial charge is 0.496 e. The number of ether oxygens (including phenoxy) is 1. The maximum atomic E-state index is 6.25. The summed E-state index contributed by atoms with van der Waals surface area (Å²) >= 11 is 6.25. The molecule has 2 atom stereocenters. The quantitative estimate of drug-likeness (QED) is 0.840. The van der Waals surface area contributed by atoms with Crippen LogP contribution in [0.2, 0.25) is 5.02 Å². The van der Waals surface area contributed by atoms with Crippen LogP contribution in [0.1, 0.15) is 31.0 Å². The lowest BCUT2D eigenvalue weighted by atomic mass is 10.0. The molecule has 0 aliphatic rings. The Hall–Kier alpha value is -1.51. The number of hydrogen-bond donors (Lipinski definition) is 1. The molecule has 0 spiro atoms. The topological polar surface area (TPSA) is 21.3 Å². The molecule has 0 heterocycles. The lowest BCUT2D eigenvalue weighted by Crippen LogP contribution is -2.31. The molecule has 2 rings (SSSR count). The van der Waals surface area contributed by atoms with E-state index in [9.17, 15) is 0 Å². The second-order valence-corrected chi connectivity index (χ2v) is 5.73. The van der Waals surface area contributed by atoms with Crippen LogP contribution in [0, 0.1) is 0 Å². The van der Waals surface area contributed by atoms with Crippen molar-refractivity contribution in [2.45, 2.75) is 32.4 Å². The first-order valence-corrected chi connectivity index (χ1v) is 7.62. The highest BCUT2D eigenvalue weighted by atomic mass is 35.5. The Morgan fingerprint density at radius 3 is 2.43 bits per heavy atom. The van der Waals surface area contributed by atoms with Crippen molar-refractivity contribution in [2.75, 3.05) is 7.11 Å². The zero-order valence-electron chi connectivity index (χ0n) is 12.8. The maximum absolute atomic E-state index is 6.25. The predicted molar refractivity (Wildman–Crippen MR) is 89.2 cm³/mol. The summed E-state index contributed by atoms with van der Waals surface area (Å²) in [7, 11) is 1.71. The third kappa shape index (κ3) is 4.23. The molecule has 0 saturated heterocycles. The summed E-state index contributed by atoms with van der Waals surface area (Å²) in [6.45, 7) is 4.32. The van der Waals surface area contributed by atoms with E-state index in [0.717, 1.165) is 22.8 Å². The fourth-order valence-corrected chi connectivity index (χ4v) is 2.90. The van der Waals surface area contributed by atoms with Crippen LogP contribution < -0.4 is 10.1 Å². The highest BCUT2D eigenvalue weighted by Crippen LogP contribution is 2.24. The minimum atomic E-state index is 0.211. The van der Waals surface area contributed by atoms with Gasteiger partial charge in [-0.05, 0) is 43.5 Å². The van der Waals surface area contributed by atoms with Crippen molar-refractivity contribution in [3.63, 3.8) is 0 Å². The molecular weight excluding hydrogens is 282 g/mol. The van der Waals surface area contributed by atoms with Gasteiger partial charge in [0.1, 0.15) is 5.75 Å². The number of methoxy groups -OCH3 is 1. The first-order valence-electron chi connectivity index (χ1n) is 7.24. The molecule has 0 aliphatic heterocycles. The fraction of sp³-hybridized carbons (Fsp3) is 0.333. The normalized spacial score (nSPS) is 13.7. The maximum Gasteiger partial charge on any atom is 0.122 e.